The fraction of sp³-hybridized carbons (Fsp3) is 0.667. The van der Waals surface area contributed by atoms with Crippen LogP contribution >= 0.6 is 0 Å². The third-order valence-corrected chi connectivity index (χ3v) is 6.77. The van der Waals surface area contributed by atoms with E-state index in [2.05, 4.69) is 55.7 Å². The molecule has 112 valence electrons. The van der Waals surface area contributed by atoms with Gasteiger partial charge in [-0.2, -0.15) is 0 Å². The molecule has 1 aromatic rings. The summed E-state index contributed by atoms with van der Waals surface area (Å²) in [6.45, 7) is 11.9. The Morgan fingerprint density at radius 2 is 1.60 bits per heavy atom. The maximum Gasteiger partial charge on any atom is 0.0775 e. The Labute approximate surface area is 126 Å². The molecule has 0 heterocycles. The first-order valence-electron chi connectivity index (χ1n) is 8.34. The molecule has 0 spiro atoms. The van der Waals surface area contributed by atoms with Crippen molar-refractivity contribution in [2.24, 2.45) is 0 Å². The molecule has 1 aliphatic carbocycles. The quantitative estimate of drug-likeness (QED) is 0.727. The van der Waals surface area contributed by atoms with Gasteiger partial charge < -0.3 is 0 Å². The Balaban J connectivity index is 2.00. The van der Waals surface area contributed by atoms with Crippen molar-refractivity contribution < 1.29 is 0 Å². The SMILES string of the molecule is CCN(Cc1ccc([Si](C)(C)C)cc1)C1CCCCC1. The van der Waals surface area contributed by atoms with Crippen LogP contribution < -0.4 is 5.19 Å². The summed E-state index contributed by atoms with van der Waals surface area (Å²) in [4.78, 5) is 2.68. The van der Waals surface area contributed by atoms with E-state index in [0.29, 0.717) is 0 Å². The van der Waals surface area contributed by atoms with E-state index in [1.165, 1.54) is 44.2 Å². The Morgan fingerprint density at radius 1 is 1.00 bits per heavy atom. The van der Waals surface area contributed by atoms with E-state index < -0.39 is 8.07 Å². The monoisotopic (exact) mass is 289 g/mol. The van der Waals surface area contributed by atoms with Gasteiger partial charge in [-0.1, -0.05) is 75.3 Å². The number of nitrogens with zero attached hydrogens (tertiary/aromatic N) is 1. The molecule has 1 aromatic carbocycles. The van der Waals surface area contributed by atoms with Crippen LogP contribution in [0.3, 0.4) is 0 Å². The molecule has 0 N–H and O–H groups in total. The van der Waals surface area contributed by atoms with E-state index in [9.17, 15) is 0 Å². The molecular weight excluding hydrogens is 258 g/mol. The summed E-state index contributed by atoms with van der Waals surface area (Å²) in [5.74, 6) is 0. The van der Waals surface area contributed by atoms with Crippen molar-refractivity contribution in [1.82, 2.24) is 4.90 Å². The fourth-order valence-corrected chi connectivity index (χ4v) is 4.46. The lowest BCUT2D eigenvalue weighted by Gasteiger charge is -2.33. The highest BCUT2D eigenvalue weighted by molar-refractivity contribution is 6.88. The lowest BCUT2D eigenvalue weighted by molar-refractivity contribution is 0.156. The zero-order chi connectivity index (χ0) is 14.6. The number of hydrogen-bond donors (Lipinski definition) is 0. The summed E-state index contributed by atoms with van der Waals surface area (Å²) in [6, 6.07) is 10.3. The minimum atomic E-state index is -1.15. The van der Waals surface area contributed by atoms with Gasteiger partial charge in [-0.3, -0.25) is 4.90 Å². The third-order valence-electron chi connectivity index (χ3n) is 4.70. The number of rotatable bonds is 5. The summed E-state index contributed by atoms with van der Waals surface area (Å²) in [6.07, 6.45) is 7.10. The van der Waals surface area contributed by atoms with Gasteiger partial charge in [-0.15, -0.1) is 0 Å². The lowest BCUT2D eigenvalue weighted by atomic mass is 9.94. The third kappa shape index (κ3) is 4.19. The van der Waals surface area contributed by atoms with Crippen LogP contribution in [0.25, 0.3) is 0 Å². The van der Waals surface area contributed by atoms with Crippen LogP contribution in [0.15, 0.2) is 24.3 Å². The molecule has 1 saturated carbocycles. The average Bonchev–Trinajstić information content (AvgIpc) is 2.45. The average molecular weight is 290 g/mol. The van der Waals surface area contributed by atoms with Gasteiger partial charge in [-0.05, 0) is 24.9 Å². The first-order chi connectivity index (χ1) is 9.50. The maximum absolute atomic E-state index is 2.68. The molecule has 1 aliphatic rings. The van der Waals surface area contributed by atoms with E-state index in [4.69, 9.17) is 0 Å². The summed E-state index contributed by atoms with van der Waals surface area (Å²) in [5, 5.41) is 1.57. The molecule has 1 fully saturated rings. The van der Waals surface area contributed by atoms with Crippen molar-refractivity contribution >= 4 is 13.3 Å². The molecule has 20 heavy (non-hydrogen) atoms. The minimum absolute atomic E-state index is 0.824. The summed E-state index contributed by atoms with van der Waals surface area (Å²) in [7, 11) is -1.15. The van der Waals surface area contributed by atoms with Gasteiger partial charge in [0.1, 0.15) is 0 Å². The smallest absolute Gasteiger partial charge is 0.0775 e. The molecule has 0 unspecified atom stereocenters. The number of benzene rings is 1. The van der Waals surface area contributed by atoms with E-state index in [-0.39, 0.29) is 0 Å². The van der Waals surface area contributed by atoms with Crippen molar-refractivity contribution in [3.05, 3.63) is 29.8 Å². The molecule has 1 nitrogen and oxygen atoms in total. The van der Waals surface area contributed by atoms with Gasteiger partial charge in [0.2, 0.25) is 0 Å². The molecule has 0 amide bonds. The fourth-order valence-electron chi connectivity index (χ4n) is 3.29. The topological polar surface area (TPSA) is 3.24 Å². The zero-order valence-electron chi connectivity index (χ0n) is 13.8. The molecular formula is C18H31NSi. The Hall–Kier alpha value is -0.603. The van der Waals surface area contributed by atoms with Gasteiger partial charge in [0.05, 0.1) is 8.07 Å². The lowest BCUT2D eigenvalue weighted by Crippen LogP contribution is -2.38. The second-order valence-electron chi connectivity index (χ2n) is 7.30. The van der Waals surface area contributed by atoms with Crippen LogP contribution in [-0.2, 0) is 6.54 Å². The highest BCUT2D eigenvalue weighted by Gasteiger charge is 2.20. The second-order valence-corrected chi connectivity index (χ2v) is 12.4. The van der Waals surface area contributed by atoms with Crippen molar-refractivity contribution in [2.45, 2.75) is 71.3 Å². The first-order valence-corrected chi connectivity index (χ1v) is 11.8. The van der Waals surface area contributed by atoms with Gasteiger partial charge in [0.25, 0.3) is 0 Å². The van der Waals surface area contributed by atoms with Crippen molar-refractivity contribution in [3.63, 3.8) is 0 Å². The molecule has 2 rings (SSSR count). The molecule has 2 heteroatoms. The molecule has 0 atom stereocenters. The van der Waals surface area contributed by atoms with Crippen LogP contribution in [0.1, 0.15) is 44.6 Å². The highest BCUT2D eigenvalue weighted by Crippen LogP contribution is 2.23. The van der Waals surface area contributed by atoms with E-state index >= 15 is 0 Å². The van der Waals surface area contributed by atoms with E-state index in [1.54, 1.807) is 5.19 Å². The summed E-state index contributed by atoms with van der Waals surface area (Å²) >= 11 is 0. The molecule has 0 aliphatic heterocycles. The highest BCUT2D eigenvalue weighted by atomic mass is 28.3. The van der Waals surface area contributed by atoms with E-state index in [1.807, 2.05) is 0 Å². The first kappa shape index (κ1) is 15.8. The van der Waals surface area contributed by atoms with Crippen molar-refractivity contribution in [2.75, 3.05) is 6.54 Å². The molecule has 0 bridgehead atoms. The minimum Gasteiger partial charge on any atom is -0.296 e. The Bertz CT molecular complexity index is 398. The number of hydrogen-bond acceptors (Lipinski definition) is 1. The maximum atomic E-state index is 2.68. The second kappa shape index (κ2) is 6.90. The predicted molar refractivity (Wildman–Crippen MR) is 92.4 cm³/mol. The molecule has 0 saturated heterocycles. The van der Waals surface area contributed by atoms with Crippen LogP contribution in [0.2, 0.25) is 19.6 Å². The normalized spacial score (nSPS) is 17.6. The van der Waals surface area contributed by atoms with Gasteiger partial charge in [-0.25, -0.2) is 0 Å². The van der Waals surface area contributed by atoms with Gasteiger partial charge in [0, 0.05) is 12.6 Å². The van der Waals surface area contributed by atoms with Gasteiger partial charge >= 0.3 is 0 Å². The van der Waals surface area contributed by atoms with Crippen LogP contribution in [0.4, 0.5) is 0 Å². The predicted octanol–water partition coefficient (Wildman–Crippen LogP) is 4.39. The van der Waals surface area contributed by atoms with Gasteiger partial charge in [0.15, 0.2) is 0 Å². The van der Waals surface area contributed by atoms with E-state index in [0.717, 1.165) is 12.6 Å². The van der Waals surface area contributed by atoms with Crippen LogP contribution in [-0.4, -0.2) is 25.6 Å². The van der Waals surface area contributed by atoms with Crippen molar-refractivity contribution in [3.8, 4) is 0 Å². The molecule has 0 radical (unpaired) electrons. The molecule has 0 aromatic heterocycles. The largest absolute Gasteiger partial charge is 0.296 e. The van der Waals surface area contributed by atoms with Crippen molar-refractivity contribution in [1.29, 1.82) is 0 Å². The van der Waals surface area contributed by atoms with Crippen LogP contribution in [0.5, 0.6) is 0 Å². The standard InChI is InChI=1S/C18H31NSi/c1-5-19(17-9-7-6-8-10-17)15-16-11-13-18(14-12-16)20(2,3)4/h11-14,17H,5-10,15H2,1-4H3. The Morgan fingerprint density at radius 3 is 2.10 bits per heavy atom. The Kier molecular flexibility index (Phi) is 5.45. The summed E-state index contributed by atoms with van der Waals surface area (Å²) in [5.41, 5.74) is 1.49. The summed E-state index contributed by atoms with van der Waals surface area (Å²) < 4.78 is 0. The van der Waals surface area contributed by atoms with Crippen LogP contribution in [0, 0.1) is 0 Å². The zero-order valence-corrected chi connectivity index (χ0v) is 14.8.